The maximum atomic E-state index is 15.5. The molecule has 0 saturated carbocycles. The van der Waals surface area contributed by atoms with Crippen molar-refractivity contribution in [3.05, 3.63) is 29.2 Å². The van der Waals surface area contributed by atoms with E-state index in [-0.39, 0.29) is 24.4 Å². The highest BCUT2D eigenvalue weighted by atomic mass is 35.5. The number of imidazole rings is 1. The van der Waals surface area contributed by atoms with Gasteiger partial charge >= 0.3 is 0 Å². The quantitative estimate of drug-likeness (QED) is 0.554. The van der Waals surface area contributed by atoms with Crippen LogP contribution in [0, 0.1) is 5.82 Å². The highest BCUT2D eigenvalue weighted by molar-refractivity contribution is 6.33. The minimum atomic E-state index is -0.424. The van der Waals surface area contributed by atoms with E-state index in [0.29, 0.717) is 52.4 Å². The molecule has 0 unspecified atom stereocenters. The van der Waals surface area contributed by atoms with Crippen molar-refractivity contribution in [2.75, 3.05) is 43.6 Å². The Morgan fingerprint density at radius 1 is 1.22 bits per heavy atom. The van der Waals surface area contributed by atoms with Crippen LogP contribution < -0.4 is 10.2 Å². The molecule has 3 aliphatic rings. The smallest absolute Gasteiger partial charge is 0.223 e. The summed E-state index contributed by atoms with van der Waals surface area (Å²) in [5.41, 5.74) is 1.98. The lowest BCUT2D eigenvalue weighted by Gasteiger charge is -2.33. The van der Waals surface area contributed by atoms with Crippen LogP contribution in [0.2, 0.25) is 5.02 Å². The van der Waals surface area contributed by atoms with Gasteiger partial charge in [-0.1, -0.05) is 11.6 Å². The van der Waals surface area contributed by atoms with E-state index < -0.39 is 11.9 Å². The van der Waals surface area contributed by atoms with Gasteiger partial charge in [0.1, 0.15) is 12.1 Å². The van der Waals surface area contributed by atoms with Gasteiger partial charge in [-0.15, -0.1) is 0 Å². The van der Waals surface area contributed by atoms with Gasteiger partial charge in [0.2, 0.25) is 11.9 Å². The van der Waals surface area contributed by atoms with Crippen molar-refractivity contribution in [2.45, 2.75) is 50.9 Å². The average molecular weight is 514 g/mol. The van der Waals surface area contributed by atoms with E-state index in [1.54, 1.807) is 0 Å². The first-order valence-electron chi connectivity index (χ1n) is 12.4. The maximum absolute atomic E-state index is 15.5. The first-order chi connectivity index (χ1) is 17.3. The standard InChI is InChI=1S/C25H29ClFN7O2/c1-13(2)34-20-7-14(22-17(26)9-28-24(30-22)29-19-4-5-36-12-21(19)35)6-18(27)23(20)31-25(34)33-11-15-8-16(33)10-32(15)3/h6-7,9,13,15-16,19H,4-5,8,10-12H2,1-3H3,(H,28,29,30)/t15-,16-,19+/m0/s1. The molecule has 36 heavy (non-hydrogen) atoms. The van der Waals surface area contributed by atoms with Gasteiger partial charge in [0.25, 0.3) is 0 Å². The number of benzene rings is 1. The number of aromatic nitrogens is 4. The Balaban J connectivity index is 1.40. The van der Waals surface area contributed by atoms with Gasteiger partial charge < -0.3 is 19.5 Å². The lowest BCUT2D eigenvalue weighted by Crippen LogP contribution is -2.45. The highest BCUT2D eigenvalue weighted by Gasteiger charge is 2.43. The molecule has 3 aromatic rings. The van der Waals surface area contributed by atoms with Crippen LogP contribution in [0.25, 0.3) is 22.3 Å². The second-order valence-corrected chi connectivity index (χ2v) is 10.6. The van der Waals surface area contributed by atoms with E-state index in [2.05, 4.69) is 50.5 Å². The van der Waals surface area contributed by atoms with Gasteiger partial charge in [-0.3, -0.25) is 9.69 Å². The Kier molecular flexibility index (Phi) is 5.85. The number of fused-ring (bicyclic) bond motifs is 3. The van der Waals surface area contributed by atoms with Crippen molar-refractivity contribution in [1.82, 2.24) is 24.4 Å². The number of piperazine rings is 1. The lowest BCUT2D eigenvalue weighted by molar-refractivity contribution is -0.128. The fraction of sp³-hybridized carbons (Fsp3) is 0.520. The molecule has 9 nitrogen and oxygen atoms in total. The SMILES string of the molecule is CC(C)n1c(N2C[C@@H]3C[C@H]2CN3C)nc2c(F)cc(-c3nc(N[C@@H]4CCOCC4=O)ncc3Cl)cc21. The van der Waals surface area contributed by atoms with Crippen LogP contribution in [0.3, 0.4) is 0 Å². The predicted molar refractivity (Wildman–Crippen MR) is 136 cm³/mol. The Morgan fingerprint density at radius 2 is 2.06 bits per heavy atom. The molecule has 6 rings (SSSR count). The monoisotopic (exact) mass is 513 g/mol. The van der Waals surface area contributed by atoms with Crippen LogP contribution in [-0.2, 0) is 9.53 Å². The van der Waals surface area contributed by atoms with Crippen LogP contribution in [0.1, 0.15) is 32.7 Å². The molecule has 3 atom stereocenters. The predicted octanol–water partition coefficient (Wildman–Crippen LogP) is 3.53. The Hall–Kier alpha value is -2.82. The number of anilines is 2. The summed E-state index contributed by atoms with van der Waals surface area (Å²) in [4.78, 5) is 30.5. The number of likely N-dealkylation sites (tertiary alicyclic amines) is 1. The van der Waals surface area contributed by atoms with Crippen molar-refractivity contribution in [3.63, 3.8) is 0 Å². The summed E-state index contributed by atoms with van der Waals surface area (Å²) in [5, 5.41) is 3.38. The van der Waals surface area contributed by atoms with E-state index in [1.165, 1.54) is 12.3 Å². The van der Waals surface area contributed by atoms with E-state index in [9.17, 15) is 4.79 Å². The molecule has 1 N–H and O–H groups in total. The van der Waals surface area contributed by atoms with Crippen molar-refractivity contribution < 1.29 is 13.9 Å². The molecule has 2 bridgehead atoms. The van der Waals surface area contributed by atoms with Crippen LogP contribution in [-0.4, -0.2) is 81.7 Å². The molecule has 3 aliphatic heterocycles. The molecule has 2 aromatic heterocycles. The minimum absolute atomic E-state index is 0.0519. The number of halogens is 2. The molecule has 0 amide bonds. The van der Waals surface area contributed by atoms with E-state index >= 15 is 4.39 Å². The number of carbonyl (C=O) groups is 1. The summed E-state index contributed by atoms with van der Waals surface area (Å²) in [6, 6.07) is 3.86. The van der Waals surface area contributed by atoms with E-state index in [4.69, 9.17) is 21.3 Å². The zero-order chi connectivity index (χ0) is 25.1. The van der Waals surface area contributed by atoms with Gasteiger partial charge in [-0.2, -0.15) is 0 Å². The van der Waals surface area contributed by atoms with Gasteiger partial charge in [0, 0.05) is 43.4 Å². The number of hydrogen-bond acceptors (Lipinski definition) is 8. The number of nitrogens with zero attached hydrogens (tertiary/aromatic N) is 6. The largest absolute Gasteiger partial charge is 0.374 e. The molecule has 3 fully saturated rings. The molecule has 11 heteroatoms. The van der Waals surface area contributed by atoms with Crippen molar-refractivity contribution in [3.8, 4) is 11.3 Å². The molecule has 5 heterocycles. The van der Waals surface area contributed by atoms with Crippen molar-refractivity contribution >= 4 is 40.3 Å². The zero-order valence-electron chi connectivity index (χ0n) is 20.5. The van der Waals surface area contributed by atoms with Gasteiger partial charge in [-0.25, -0.2) is 19.3 Å². The zero-order valence-corrected chi connectivity index (χ0v) is 21.3. The van der Waals surface area contributed by atoms with Gasteiger partial charge in [0.05, 0.1) is 28.5 Å². The number of nitrogens with one attached hydrogen (secondary N) is 1. The molecular formula is C25H29ClFN7O2. The fourth-order valence-electron chi connectivity index (χ4n) is 5.68. The number of carbonyl (C=O) groups excluding carboxylic acids is 1. The van der Waals surface area contributed by atoms with Gasteiger partial charge in [0.15, 0.2) is 11.6 Å². The second kappa shape index (κ2) is 8.93. The Labute approximate surface area is 213 Å². The van der Waals surface area contributed by atoms with Gasteiger partial charge in [-0.05, 0) is 45.9 Å². The second-order valence-electron chi connectivity index (χ2n) is 10.2. The third-order valence-corrected chi connectivity index (χ3v) is 7.80. The highest BCUT2D eigenvalue weighted by Crippen LogP contribution is 2.38. The van der Waals surface area contributed by atoms with Crippen LogP contribution in [0.5, 0.6) is 0 Å². The molecule has 1 aromatic carbocycles. The Bertz CT molecular complexity index is 1340. The first-order valence-corrected chi connectivity index (χ1v) is 12.8. The number of likely N-dealkylation sites (N-methyl/N-ethyl adjacent to an activating group) is 1. The van der Waals surface area contributed by atoms with E-state index in [1.807, 2.05) is 6.07 Å². The fourth-order valence-corrected chi connectivity index (χ4v) is 5.88. The molecular weight excluding hydrogens is 485 g/mol. The minimum Gasteiger partial charge on any atom is -0.374 e. The first kappa shape index (κ1) is 23.6. The van der Waals surface area contributed by atoms with Crippen LogP contribution in [0.4, 0.5) is 16.3 Å². The topological polar surface area (TPSA) is 88.4 Å². The van der Waals surface area contributed by atoms with Crippen LogP contribution >= 0.6 is 11.6 Å². The normalized spacial score (nSPS) is 24.4. The summed E-state index contributed by atoms with van der Waals surface area (Å²) < 4.78 is 22.8. The summed E-state index contributed by atoms with van der Waals surface area (Å²) in [6.45, 7) is 6.60. The summed E-state index contributed by atoms with van der Waals surface area (Å²) >= 11 is 6.48. The summed E-state index contributed by atoms with van der Waals surface area (Å²) in [5.74, 6) is 0.605. The summed E-state index contributed by atoms with van der Waals surface area (Å²) in [7, 11) is 2.16. The van der Waals surface area contributed by atoms with Crippen LogP contribution in [0.15, 0.2) is 18.3 Å². The number of ketones is 1. The molecule has 3 saturated heterocycles. The Morgan fingerprint density at radius 3 is 2.75 bits per heavy atom. The summed E-state index contributed by atoms with van der Waals surface area (Å²) in [6.07, 6.45) is 3.11. The average Bonchev–Trinajstić information content (AvgIpc) is 3.53. The number of ether oxygens (including phenoxy) is 1. The lowest BCUT2D eigenvalue weighted by atomic mass is 10.1. The molecule has 0 aliphatic carbocycles. The number of Topliss-reactive ketones (excluding diaryl/α,β-unsaturated/α-hetero) is 1. The van der Waals surface area contributed by atoms with Crippen molar-refractivity contribution in [1.29, 1.82) is 0 Å². The molecule has 0 spiro atoms. The maximum Gasteiger partial charge on any atom is 0.223 e. The molecule has 190 valence electrons. The van der Waals surface area contributed by atoms with E-state index in [0.717, 1.165) is 25.5 Å². The number of rotatable bonds is 5. The molecule has 0 radical (unpaired) electrons. The third kappa shape index (κ3) is 3.91. The number of hydrogen-bond donors (Lipinski definition) is 1. The van der Waals surface area contributed by atoms with Crippen molar-refractivity contribution in [2.24, 2.45) is 0 Å². The third-order valence-electron chi connectivity index (χ3n) is 7.52.